The van der Waals surface area contributed by atoms with Crippen LogP contribution >= 0.6 is 0 Å². The summed E-state index contributed by atoms with van der Waals surface area (Å²) in [7, 11) is 0. The molecule has 0 bridgehead atoms. The molecular formula is C12H11F2N3O. The van der Waals surface area contributed by atoms with Crippen molar-refractivity contribution >= 4 is 0 Å². The van der Waals surface area contributed by atoms with Crippen LogP contribution in [0.1, 0.15) is 42.1 Å². The topological polar surface area (TPSA) is 64.9 Å². The number of rotatable bonds is 3. The van der Waals surface area contributed by atoms with Gasteiger partial charge in [-0.3, -0.25) is 0 Å². The van der Waals surface area contributed by atoms with Crippen LogP contribution in [0.25, 0.3) is 0 Å². The molecule has 3 rings (SSSR count). The average Bonchev–Trinajstić information content (AvgIpc) is 3.10. The van der Waals surface area contributed by atoms with Gasteiger partial charge in [0, 0.05) is 11.5 Å². The number of halogens is 2. The van der Waals surface area contributed by atoms with E-state index in [4.69, 9.17) is 10.3 Å². The van der Waals surface area contributed by atoms with Crippen molar-refractivity contribution in [1.82, 2.24) is 10.1 Å². The molecule has 0 amide bonds. The molecule has 6 heteroatoms. The molecule has 1 unspecified atom stereocenters. The average molecular weight is 251 g/mol. The van der Waals surface area contributed by atoms with Gasteiger partial charge in [-0.2, -0.15) is 4.98 Å². The maximum Gasteiger partial charge on any atom is 0.229 e. The lowest BCUT2D eigenvalue weighted by atomic mass is 10.1. The fourth-order valence-electron chi connectivity index (χ4n) is 1.77. The molecule has 2 N–H and O–H groups in total. The van der Waals surface area contributed by atoms with E-state index in [2.05, 4.69) is 10.1 Å². The number of hydrogen-bond donors (Lipinski definition) is 1. The molecule has 0 saturated heterocycles. The van der Waals surface area contributed by atoms with Crippen molar-refractivity contribution in [2.45, 2.75) is 24.8 Å². The van der Waals surface area contributed by atoms with Gasteiger partial charge in [0.1, 0.15) is 0 Å². The van der Waals surface area contributed by atoms with Gasteiger partial charge in [0.2, 0.25) is 5.89 Å². The van der Waals surface area contributed by atoms with E-state index in [-0.39, 0.29) is 11.4 Å². The maximum absolute atomic E-state index is 13.6. The Balaban J connectivity index is 1.92. The molecule has 1 aliphatic rings. The summed E-state index contributed by atoms with van der Waals surface area (Å²) in [4.78, 5) is 4.13. The molecule has 1 aliphatic carbocycles. The molecule has 1 atom stereocenters. The number of aromatic nitrogens is 2. The van der Waals surface area contributed by atoms with E-state index in [9.17, 15) is 8.78 Å². The molecule has 1 fully saturated rings. The summed E-state index contributed by atoms with van der Waals surface area (Å²) >= 11 is 0. The fourth-order valence-corrected chi connectivity index (χ4v) is 1.77. The molecule has 94 valence electrons. The molecule has 0 spiro atoms. The van der Waals surface area contributed by atoms with E-state index in [0.717, 1.165) is 18.9 Å². The number of nitrogens with two attached hydrogens (primary N) is 1. The van der Waals surface area contributed by atoms with E-state index < -0.39 is 17.7 Å². The Bertz CT molecular complexity index is 580. The molecule has 1 saturated carbocycles. The lowest BCUT2D eigenvalue weighted by Gasteiger charge is -2.08. The van der Waals surface area contributed by atoms with Gasteiger partial charge in [0.25, 0.3) is 0 Å². The van der Waals surface area contributed by atoms with Crippen LogP contribution in [0.4, 0.5) is 8.78 Å². The van der Waals surface area contributed by atoms with Crippen LogP contribution in [0.2, 0.25) is 0 Å². The highest BCUT2D eigenvalue weighted by atomic mass is 19.2. The minimum absolute atomic E-state index is 0.0261. The number of benzene rings is 1. The van der Waals surface area contributed by atoms with Gasteiger partial charge in [-0.15, -0.1) is 0 Å². The summed E-state index contributed by atoms with van der Waals surface area (Å²) in [6.07, 6.45) is 2.04. The Labute approximate surface area is 102 Å². The Morgan fingerprint density at radius 3 is 2.83 bits per heavy atom. The summed E-state index contributed by atoms with van der Waals surface area (Å²) in [6, 6.07) is 2.93. The molecule has 0 radical (unpaired) electrons. The van der Waals surface area contributed by atoms with E-state index in [1.165, 1.54) is 12.1 Å². The molecule has 18 heavy (non-hydrogen) atoms. The van der Waals surface area contributed by atoms with E-state index in [0.29, 0.717) is 11.8 Å². The van der Waals surface area contributed by atoms with E-state index in [1.807, 2.05) is 0 Å². The van der Waals surface area contributed by atoms with Gasteiger partial charge in [-0.25, -0.2) is 8.78 Å². The van der Waals surface area contributed by atoms with Crippen molar-refractivity contribution in [1.29, 1.82) is 0 Å². The second-order valence-electron chi connectivity index (χ2n) is 4.39. The van der Waals surface area contributed by atoms with Crippen molar-refractivity contribution in [3.8, 4) is 0 Å². The minimum atomic E-state index is -0.970. The van der Waals surface area contributed by atoms with Crippen LogP contribution in [0, 0.1) is 11.6 Å². The lowest BCUT2D eigenvalue weighted by Crippen LogP contribution is -2.16. The zero-order valence-corrected chi connectivity index (χ0v) is 9.44. The smallest absolute Gasteiger partial charge is 0.229 e. The Morgan fingerprint density at radius 2 is 2.11 bits per heavy atom. The van der Waals surface area contributed by atoms with E-state index in [1.54, 1.807) is 0 Å². The van der Waals surface area contributed by atoms with Crippen LogP contribution in [0.5, 0.6) is 0 Å². The zero-order chi connectivity index (χ0) is 12.7. The van der Waals surface area contributed by atoms with Crippen molar-refractivity contribution in [3.63, 3.8) is 0 Å². The largest absolute Gasteiger partial charge is 0.339 e. The second kappa shape index (κ2) is 4.13. The Hall–Kier alpha value is -1.82. The third-order valence-corrected chi connectivity index (χ3v) is 2.98. The van der Waals surface area contributed by atoms with Gasteiger partial charge in [-0.05, 0) is 18.9 Å². The minimum Gasteiger partial charge on any atom is -0.339 e. The standard InChI is InChI=1S/C12H11F2N3O/c13-8-3-1-2-7(9(8)14)10(15)11-16-12(18-17-11)6-4-5-6/h1-3,6,10H,4-5,15H2. The van der Waals surface area contributed by atoms with Crippen molar-refractivity contribution in [2.75, 3.05) is 0 Å². The first kappa shape index (κ1) is 11.3. The number of nitrogens with zero attached hydrogens (tertiary/aromatic N) is 2. The summed E-state index contributed by atoms with van der Waals surface area (Å²) in [5.41, 5.74) is 5.85. The van der Waals surface area contributed by atoms with Gasteiger partial charge >= 0.3 is 0 Å². The van der Waals surface area contributed by atoms with Crippen LogP contribution in [-0.2, 0) is 0 Å². The third-order valence-electron chi connectivity index (χ3n) is 2.98. The van der Waals surface area contributed by atoms with Crippen LogP contribution in [0.3, 0.4) is 0 Å². The Kier molecular flexibility index (Phi) is 2.59. The summed E-state index contributed by atoms with van der Waals surface area (Å²) in [6.45, 7) is 0. The van der Waals surface area contributed by atoms with Crippen molar-refractivity contribution < 1.29 is 13.3 Å². The predicted octanol–water partition coefficient (Wildman–Crippen LogP) is 2.27. The molecule has 1 heterocycles. The van der Waals surface area contributed by atoms with Gasteiger partial charge < -0.3 is 10.3 Å². The molecule has 1 aromatic carbocycles. The first-order valence-corrected chi connectivity index (χ1v) is 5.70. The normalized spacial score (nSPS) is 16.8. The van der Waals surface area contributed by atoms with Crippen LogP contribution in [-0.4, -0.2) is 10.1 Å². The van der Waals surface area contributed by atoms with Gasteiger partial charge in [0.15, 0.2) is 17.5 Å². The van der Waals surface area contributed by atoms with Crippen molar-refractivity contribution in [3.05, 3.63) is 47.1 Å². The first-order valence-electron chi connectivity index (χ1n) is 5.70. The summed E-state index contributed by atoms with van der Waals surface area (Å²) in [5, 5.41) is 3.72. The van der Waals surface area contributed by atoms with Gasteiger partial charge in [0.05, 0.1) is 6.04 Å². The van der Waals surface area contributed by atoms with Gasteiger partial charge in [-0.1, -0.05) is 17.3 Å². The molecule has 4 nitrogen and oxygen atoms in total. The quantitative estimate of drug-likeness (QED) is 0.908. The monoisotopic (exact) mass is 251 g/mol. The summed E-state index contributed by atoms with van der Waals surface area (Å²) in [5.74, 6) is -0.897. The van der Waals surface area contributed by atoms with E-state index >= 15 is 0 Å². The highest BCUT2D eigenvalue weighted by Crippen LogP contribution is 2.39. The lowest BCUT2D eigenvalue weighted by molar-refractivity contribution is 0.372. The maximum atomic E-state index is 13.6. The first-order chi connectivity index (χ1) is 8.66. The highest BCUT2D eigenvalue weighted by molar-refractivity contribution is 5.26. The van der Waals surface area contributed by atoms with Crippen LogP contribution < -0.4 is 5.73 Å². The molecule has 2 aromatic rings. The zero-order valence-electron chi connectivity index (χ0n) is 9.44. The predicted molar refractivity (Wildman–Crippen MR) is 58.7 cm³/mol. The second-order valence-corrected chi connectivity index (χ2v) is 4.39. The molecular weight excluding hydrogens is 240 g/mol. The number of hydrogen-bond acceptors (Lipinski definition) is 4. The molecule has 0 aliphatic heterocycles. The SMILES string of the molecule is NC(c1noc(C2CC2)n1)c1cccc(F)c1F. The highest BCUT2D eigenvalue weighted by Gasteiger charge is 2.31. The van der Waals surface area contributed by atoms with Crippen LogP contribution in [0.15, 0.2) is 22.7 Å². The van der Waals surface area contributed by atoms with Crippen molar-refractivity contribution in [2.24, 2.45) is 5.73 Å². The molecule has 1 aromatic heterocycles. The Morgan fingerprint density at radius 1 is 1.33 bits per heavy atom. The fraction of sp³-hybridized carbons (Fsp3) is 0.333. The third kappa shape index (κ3) is 1.88. The summed E-state index contributed by atoms with van der Waals surface area (Å²) < 4.78 is 31.7.